The van der Waals surface area contributed by atoms with Crippen LogP contribution in [-0.4, -0.2) is 27.4 Å². The molecule has 0 saturated heterocycles. The zero-order chi connectivity index (χ0) is 15.2. The van der Waals surface area contributed by atoms with E-state index in [1.165, 1.54) is 22.8 Å². The summed E-state index contributed by atoms with van der Waals surface area (Å²) in [6, 6.07) is 5.00. The van der Waals surface area contributed by atoms with Crippen LogP contribution < -0.4 is 11.6 Å². The standard InChI is InChI=1S/C13H17N5O2S/c1-2-3-6-20-12(19)9-4-5-11(10(14)7-9)21-13-17-16-8-18(13)15/h4-5,7-8H,2-3,6,14-15H2,1H3. The summed E-state index contributed by atoms with van der Waals surface area (Å²) < 4.78 is 6.44. The molecule has 0 fully saturated rings. The summed E-state index contributed by atoms with van der Waals surface area (Å²) in [6.45, 7) is 2.45. The van der Waals surface area contributed by atoms with Crippen LogP contribution in [0.3, 0.4) is 0 Å². The SMILES string of the molecule is CCCCOC(=O)c1ccc(Sc2nncn2N)c(N)c1. The van der Waals surface area contributed by atoms with Gasteiger partial charge in [-0.1, -0.05) is 13.3 Å². The van der Waals surface area contributed by atoms with Crippen molar-refractivity contribution in [3.63, 3.8) is 0 Å². The number of ether oxygens (including phenoxy) is 1. The lowest BCUT2D eigenvalue weighted by Gasteiger charge is -2.08. The molecule has 0 saturated carbocycles. The third kappa shape index (κ3) is 3.88. The Kier molecular flexibility index (Phi) is 5.04. The number of hydrogen-bond donors (Lipinski definition) is 2. The van der Waals surface area contributed by atoms with E-state index in [4.69, 9.17) is 16.3 Å². The first kappa shape index (κ1) is 15.2. The van der Waals surface area contributed by atoms with Gasteiger partial charge in [-0.3, -0.25) is 0 Å². The summed E-state index contributed by atoms with van der Waals surface area (Å²) in [7, 11) is 0. The van der Waals surface area contributed by atoms with E-state index < -0.39 is 0 Å². The van der Waals surface area contributed by atoms with Crippen molar-refractivity contribution in [1.82, 2.24) is 14.9 Å². The molecular weight excluding hydrogens is 290 g/mol. The average Bonchev–Trinajstić information content (AvgIpc) is 2.86. The largest absolute Gasteiger partial charge is 0.462 e. The molecule has 1 heterocycles. The van der Waals surface area contributed by atoms with Gasteiger partial charge in [0.15, 0.2) is 0 Å². The zero-order valence-corrected chi connectivity index (χ0v) is 12.5. The molecule has 0 aliphatic carbocycles. The molecule has 0 spiro atoms. The molecular formula is C13H17N5O2S. The summed E-state index contributed by atoms with van der Waals surface area (Å²) in [6.07, 6.45) is 3.23. The molecule has 2 aromatic rings. The van der Waals surface area contributed by atoms with Crippen LogP contribution in [0, 0.1) is 0 Å². The Labute approximate surface area is 126 Å². The number of anilines is 1. The van der Waals surface area contributed by atoms with Gasteiger partial charge in [-0.25, -0.2) is 9.47 Å². The highest BCUT2D eigenvalue weighted by molar-refractivity contribution is 7.99. The minimum atomic E-state index is -0.367. The quantitative estimate of drug-likeness (QED) is 0.361. The van der Waals surface area contributed by atoms with E-state index in [1.807, 2.05) is 6.92 Å². The van der Waals surface area contributed by atoms with Gasteiger partial charge in [-0.2, -0.15) is 0 Å². The molecule has 0 radical (unpaired) electrons. The van der Waals surface area contributed by atoms with Gasteiger partial charge >= 0.3 is 5.97 Å². The second kappa shape index (κ2) is 6.98. The number of unbranched alkanes of at least 4 members (excludes halogenated alkanes) is 1. The molecule has 1 aromatic carbocycles. The van der Waals surface area contributed by atoms with Crippen LogP contribution in [0.15, 0.2) is 34.6 Å². The lowest BCUT2D eigenvalue weighted by molar-refractivity contribution is 0.0499. The van der Waals surface area contributed by atoms with Gasteiger partial charge in [0.2, 0.25) is 5.16 Å². The molecule has 0 aliphatic heterocycles. The summed E-state index contributed by atoms with van der Waals surface area (Å²) in [5.41, 5.74) is 6.85. The van der Waals surface area contributed by atoms with Gasteiger partial charge in [-0.05, 0) is 36.4 Å². The molecule has 0 bridgehead atoms. The number of carbonyl (C=O) groups excluding carboxylic acids is 1. The topological polar surface area (TPSA) is 109 Å². The molecule has 2 rings (SSSR count). The molecule has 112 valence electrons. The molecule has 0 aliphatic rings. The minimum Gasteiger partial charge on any atom is -0.462 e. The first-order chi connectivity index (χ1) is 10.1. The van der Waals surface area contributed by atoms with Crippen molar-refractivity contribution in [3.05, 3.63) is 30.1 Å². The van der Waals surface area contributed by atoms with Crippen molar-refractivity contribution in [2.24, 2.45) is 0 Å². The van der Waals surface area contributed by atoms with Gasteiger partial charge in [0.05, 0.1) is 12.2 Å². The molecule has 7 nitrogen and oxygen atoms in total. The molecule has 4 N–H and O–H groups in total. The lowest BCUT2D eigenvalue weighted by atomic mass is 10.2. The predicted molar refractivity (Wildman–Crippen MR) is 80.3 cm³/mol. The number of rotatable bonds is 6. The molecule has 8 heteroatoms. The number of nitrogens with zero attached hydrogens (tertiary/aromatic N) is 3. The molecule has 0 unspecified atom stereocenters. The normalized spacial score (nSPS) is 10.5. The van der Waals surface area contributed by atoms with Crippen molar-refractivity contribution < 1.29 is 9.53 Å². The van der Waals surface area contributed by atoms with E-state index in [9.17, 15) is 4.79 Å². The summed E-state index contributed by atoms with van der Waals surface area (Å²) in [4.78, 5) is 12.6. The Morgan fingerprint density at radius 1 is 1.48 bits per heavy atom. The Balaban J connectivity index is 2.07. The van der Waals surface area contributed by atoms with Crippen LogP contribution in [0.4, 0.5) is 5.69 Å². The minimum absolute atomic E-state index is 0.367. The summed E-state index contributed by atoms with van der Waals surface area (Å²) >= 11 is 1.28. The third-order valence-corrected chi connectivity index (χ3v) is 3.78. The van der Waals surface area contributed by atoms with Crippen LogP contribution in [0.2, 0.25) is 0 Å². The number of carbonyl (C=O) groups is 1. The molecule has 21 heavy (non-hydrogen) atoms. The van der Waals surface area contributed by atoms with Gasteiger partial charge in [-0.15, -0.1) is 10.2 Å². The Morgan fingerprint density at radius 2 is 2.29 bits per heavy atom. The first-order valence-electron chi connectivity index (χ1n) is 6.51. The van der Waals surface area contributed by atoms with Crippen molar-refractivity contribution in [1.29, 1.82) is 0 Å². The maximum Gasteiger partial charge on any atom is 0.338 e. The fourth-order valence-electron chi connectivity index (χ4n) is 1.56. The maximum atomic E-state index is 11.8. The number of benzene rings is 1. The van der Waals surface area contributed by atoms with Gasteiger partial charge < -0.3 is 16.3 Å². The predicted octanol–water partition coefficient (Wildman–Crippen LogP) is 1.68. The smallest absolute Gasteiger partial charge is 0.338 e. The molecule has 1 aromatic heterocycles. The van der Waals surface area contributed by atoms with E-state index in [2.05, 4.69) is 10.2 Å². The van der Waals surface area contributed by atoms with Crippen LogP contribution in [0.5, 0.6) is 0 Å². The third-order valence-electron chi connectivity index (χ3n) is 2.72. The first-order valence-corrected chi connectivity index (χ1v) is 7.33. The molecule has 0 atom stereocenters. The van der Waals surface area contributed by atoms with Gasteiger partial charge in [0.1, 0.15) is 6.33 Å². The average molecular weight is 307 g/mol. The fourth-order valence-corrected chi connectivity index (χ4v) is 2.31. The van der Waals surface area contributed by atoms with E-state index in [-0.39, 0.29) is 5.97 Å². The number of hydrogen-bond acceptors (Lipinski definition) is 7. The highest BCUT2D eigenvalue weighted by Crippen LogP contribution is 2.30. The van der Waals surface area contributed by atoms with E-state index in [0.29, 0.717) is 23.0 Å². The van der Waals surface area contributed by atoms with Crippen LogP contribution >= 0.6 is 11.8 Å². The lowest BCUT2D eigenvalue weighted by Crippen LogP contribution is -2.08. The van der Waals surface area contributed by atoms with Crippen molar-refractivity contribution in [2.45, 2.75) is 29.8 Å². The fraction of sp³-hybridized carbons (Fsp3) is 0.308. The maximum absolute atomic E-state index is 11.8. The van der Waals surface area contributed by atoms with Crippen molar-refractivity contribution in [3.8, 4) is 0 Å². The van der Waals surface area contributed by atoms with Crippen molar-refractivity contribution in [2.75, 3.05) is 18.2 Å². The van der Waals surface area contributed by atoms with Crippen molar-refractivity contribution >= 4 is 23.4 Å². The van der Waals surface area contributed by atoms with Gasteiger partial charge in [0, 0.05) is 10.6 Å². The highest BCUT2D eigenvalue weighted by atomic mass is 32.2. The zero-order valence-electron chi connectivity index (χ0n) is 11.7. The Hall–Kier alpha value is -2.22. The van der Waals surface area contributed by atoms with Crippen LogP contribution in [0.25, 0.3) is 0 Å². The second-order valence-electron chi connectivity index (χ2n) is 4.36. The van der Waals surface area contributed by atoms with Gasteiger partial charge in [0.25, 0.3) is 0 Å². The number of nitrogens with two attached hydrogens (primary N) is 2. The summed E-state index contributed by atoms with van der Waals surface area (Å²) in [5, 5.41) is 8.06. The number of nitrogen functional groups attached to an aromatic ring is 2. The highest BCUT2D eigenvalue weighted by Gasteiger charge is 2.12. The Bertz CT molecular complexity index is 629. The van der Waals surface area contributed by atoms with Crippen LogP contribution in [0.1, 0.15) is 30.1 Å². The molecule has 0 amide bonds. The van der Waals surface area contributed by atoms with Crippen LogP contribution in [-0.2, 0) is 4.74 Å². The second-order valence-corrected chi connectivity index (χ2v) is 5.37. The summed E-state index contributed by atoms with van der Waals surface area (Å²) in [5.74, 6) is 5.27. The van der Waals surface area contributed by atoms with E-state index in [0.717, 1.165) is 17.7 Å². The number of esters is 1. The monoisotopic (exact) mass is 307 g/mol. The van der Waals surface area contributed by atoms with E-state index in [1.54, 1.807) is 18.2 Å². The van der Waals surface area contributed by atoms with E-state index >= 15 is 0 Å². The Morgan fingerprint density at radius 3 is 2.90 bits per heavy atom. The number of aromatic nitrogens is 3.